The summed E-state index contributed by atoms with van der Waals surface area (Å²) < 4.78 is 29.1. The lowest BCUT2D eigenvalue weighted by Gasteiger charge is -2.31. The van der Waals surface area contributed by atoms with Crippen molar-refractivity contribution in [1.29, 1.82) is 0 Å². The van der Waals surface area contributed by atoms with Gasteiger partial charge in [-0.15, -0.1) is 22.2 Å². The number of aliphatic hydroxyl groups is 6. The first-order valence-corrected chi connectivity index (χ1v) is 34.4. The second-order valence-corrected chi connectivity index (χ2v) is 34.1. The maximum atomic E-state index is 12.2. The average Bonchev–Trinajstić information content (AvgIpc) is 2.27. The standard InChI is InChI=1S/C22H32N12O7Si.C10H14N6O4.C10H14N6O3.C2H6Cl2Si/c1-42(2,32-8-3-11(40-10(8)5-35)33-6-25-12-16(33)28-21(23)30-18(12)38)27-4-9-14(36)15(37)20(41-9)34-7-26-13-17(34)29-22(24)31-19(13)39;11-1-3-5(17)6(18)9(20-3)16-2-13-4-7(16)14-10(12)15-8(4)19;11-4-1-6(19-5(4)2-17)16-3-13-7-8(16)14-10(12)15-9(7)18;1-5(2,3)4/h6-11,14-15,20,27,32,35-37H,3-5H2,1-2H3,(H3,23,28,30,38)(H3,24,29,31,39);2-3,5-6,9,17-18H,1,11H2,(H3,12,14,15,19);3-6,17H,1-2,11H2,(H3,12,14,15,18);1-2H3/t8-,9+,10+,11+,14+,15+,20+;3-,5-,6-,9-;4-,5+,6+;/m010./s1. The second kappa shape index (κ2) is 25.4. The molecular weight excluding hydrogens is 1220 g/mol. The highest BCUT2D eigenvalue weighted by Gasteiger charge is 2.47. The molecule has 38 nitrogen and oxygen atoms in total. The summed E-state index contributed by atoms with van der Waals surface area (Å²) in [5, 5.41) is 60.5. The van der Waals surface area contributed by atoms with Gasteiger partial charge in [-0.3, -0.25) is 57.4 Å². The van der Waals surface area contributed by atoms with Crippen LogP contribution in [0.5, 0.6) is 0 Å². The van der Waals surface area contributed by atoms with Crippen LogP contribution in [0.3, 0.4) is 0 Å². The Labute approximate surface area is 493 Å². The van der Waals surface area contributed by atoms with Gasteiger partial charge in [-0.1, -0.05) is 0 Å². The molecule has 0 aliphatic carbocycles. The summed E-state index contributed by atoms with van der Waals surface area (Å²) in [5.41, 5.74) is 33.2. The first-order chi connectivity index (χ1) is 40.6. The van der Waals surface area contributed by atoms with Gasteiger partial charge >= 0.3 is 0 Å². The molecule has 0 saturated carbocycles. The Bertz CT molecular complexity index is 3940. The van der Waals surface area contributed by atoms with Crippen LogP contribution in [0.25, 0.3) is 44.7 Å². The lowest BCUT2D eigenvalue weighted by Crippen LogP contribution is -2.64. The second-order valence-electron chi connectivity index (χ2n) is 21.3. The Morgan fingerprint density at radius 2 is 0.907 bits per heavy atom. The molecule has 468 valence electrons. The molecule has 12 heterocycles. The number of rotatable bonds is 12. The van der Waals surface area contributed by atoms with Crippen molar-refractivity contribution in [1.82, 2.24) is 88.0 Å². The van der Waals surface area contributed by atoms with Gasteiger partial charge in [0, 0.05) is 38.0 Å². The van der Waals surface area contributed by atoms with Gasteiger partial charge in [0.25, 0.3) is 22.2 Å². The van der Waals surface area contributed by atoms with E-state index in [2.05, 4.69) is 69.8 Å². The maximum absolute atomic E-state index is 12.2. The summed E-state index contributed by atoms with van der Waals surface area (Å²) in [5.74, 6) is -0.223. The van der Waals surface area contributed by atoms with E-state index in [4.69, 9.17) is 80.6 Å². The number of nitrogen functional groups attached to an aromatic ring is 4. The first kappa shape index (κ1) is 63.6. The van der Waals surface area contributed by atoms with Crippen LogP contribution in [0.15, 0.2) is 44.5 Å². The molecule has 0 aromatic carbocycles. The molecule has 0 bridgehead atoms. The highest BCUT2D eigenvalue weighted by Crippen LogP contribution is 2.35. The lowest BCUT2D eigenvalue weighted by molar-refractivity contribution is -0.0332. The van der Waals surface area contributed by atoms with Gasteiger partial charge in [0.05, 0.1) is 50.7 Å². The van der Waals surface area contributed by atoms with Crippen LogP contribution < -0.4 is 66.6 Å². The number of fused-ring (bicyclic) bond motifs is 4. The minimum atomic E-state index is -2.45. The van der Waals surface area contributed by atoms with Gasteiger partial charge in [0.1, 0.15) is 49.1 Å². The van der Waals surface area contributed by atoms with Crippen LogP contribution in [0.1, 0.15) is 37.8 Å². The molecule has 8 aromatic heterocycles. The van der Waals surface area contributed by atoms with Gasteiger partial charge in [0.15, 0.2) is 65.5 Å². The van der Waals surface area contributed by atoms with Gasteiger partial charge in [-0.2, -0.15) is 19.9 Å². The molecule has 12 rings (SSSR count). The van der Waals surface area contributed by atoms with Gasteiger partial charge < -0.3 is 94.0 Å². The number of nitrogens with two attached hydrogens (primary N) is 6. The molecule has 0 radical (unpaired) electrons. The quantitative estimate of drug-likeness (QED) is 0.0400. The number of anilines is 4. The van der Waals surface area contributed by atoms with E-state index in [1.165, 1.54) is 34.4 Å². The zero-order valence-corrected chi connectivity index (χ0v) is 49.7. The van der Waals surface area contributed by atoms with Crippen molar-refractivity contribution in [2.45, 2.75) is 125 Å². The fourth-order valence-electron chi connectivity index (χ4n) is 10.0. The molecule has 4 fully saturated rings. The van der Waals surface area contributed by atoms with Crippen LogP contribution in [0.2, 0.25) is 26.2 Å². The molecule has 24 N–H and O–H groups in total. The summed E-state index contributed by atoms with van der Waals surface area (Å²) in [6.45, 7) is 5.88. The molecule has 0 spiro atoms. The molecule has 42 heteroatoms. The summed E-state index contributed by atoms with van der Waals surface area (Å²) >= 11 is 10.9. The number of aromatic nitrogens is 16. The minimum Gasteiger partial charge on any atom is -0.394 e. The Kier molecular flexibility index (Phi) is 18.8. The van der Waals surface area contributed by atoms with E-state index in [0.717, 1.165) is 0 Å². The number of nitrogens with one attached hydrogen (secondary N) is 6. The first-order valence-electron chi connectivity index (χ1n) is 26.4. The van der Waals surface area contributed by atoms with Crippen LogP contribution >= 0.6 is 22.2 Å². The number of hydrogen-bond donors (Lipinski definition) is 18. The Morgan fingerprint density at radius 1 is 0.558 bits per heavy atom. The molecule has 14 atom stereocenters. The molecule has 86 heavy (non-hydrogen) atoms. The van der Waals surface area contributed by atoms with E-state index in [1.54, 1.807) is 9.13 Å². The Hall–Kier alpha value is -6.95. The fraction of sp³-hybridized carbons (Fsp3) is 0.545. The van der Waals surface area contributed by atoms with Gasteiger partial charge in [-0.05, 0) is 26.2 Å². The summed E-state index contributed by atoms with van der Waals surface area (Å²) in [6, 6.07) is -0.544. The zero-order valence-electron chi connectivity index (χ0n) is 46.2. The van der Waals surface area contributed by atoms with Crippen molar-refractivity contribution in [2.75, 3.05) is 49.2 Å². The van der Waals surface area contributed by atoms with Gasteiger partial charge in [-0.25, -0.2) is 19.9 Å². The summed E-state index contributed by atoms with van der Waals surface area (Å²) in [7, 11) is -2.45. The van der Waals surface area contributed by atoms with Crippen molar-refractivity contribution in [3.8, 4) is 0 Å². The van der Waals surface area contributed by atoms with Crippen LogP contribution in [0, 0.1) is 0 Å². The number of H-pyrrole nitrogens is 4. The van der Waals surface area contributed by atoms with E-state index < -0.39 is 111 Å². The predicted octanol–water partition coefficient (Wildman–Crippen LogP) is -5.68. The zero-order chi connectivity index (χ0) is 62.4. The number of hydrogen-bond acceptors (Lipinski definition) is 30. The maximum Gasteiger partial charge on any atom is 0.280 e. The van der Waals surface area contributed by atoms with E-state index in [1.807, 2.05) is 26.2 Å². The van der Waals surface area contributed by atoms with Crippen LogP contribution in [-0.4, -0.2) is 211 Å². The van der Waals surface area contributed by atoms with Crippen molar-refractivity contribution in [3.05, 3.63) is 66.7 Å². The number of imidazole rings is 4. The fourth-order valence-corrected chi connectivity index (χ4v) is 12.1. The van der Waals surface area contributed by atoms with E-state index in [-0.39, 0.29) is 101 Å². The molecule has 0 amide bonds. The highest BCUT2D eigenvalue weighted by atomic mass is 35.7. The normalized spacial score (nSPS) is 27.6. The van der Waals surface area contributed by atoms with Crippen molar-refractivity contribution in [2.24, 2.45) is 11.5 Å². The monoisotopic (exact) mass is 1280 g/mol. The number of aliphatic hydroxyl groups excluding tert-OH is 6. The number of halogens is 2. The Balaban J connectivity index is 0.000000166. The Morgan fingerprint density at radius 3 is 1.28 bits per heavy atom. The lowest BCUT2D eigenvalue weighted by atomic mass is 10.1. The average molecular weight is 1280 g/mol. The third-order valence-corrected chi connectivity index (χ3v) is 16.2. The number of aromatic amines is 4. The largest absolute Gasteiger partial charge is 0.394 e. The molecule has 4 aliphatic heterocycles. The highest BCUT2D eigenvalue weighted by molar-refractivity contribution is 7.44. The molecule has 4 aliphatic rings. The van der Waals surface area contributed by atoms with E-state index >= 15 is 0 Å². The van der Waals surface area contributed by atoms with Crippen molar-refractivity contribution < 1.29 is 49.6 Å². The van der Waals surface area contributed by atoms with Gasteiger partial charge in [0.2, 0.25) is 30.5 Å². The predicted molar refractivity (Wildman–Crippen MR) is 312 cm³/mol. The van der Waals surface area contributed by atoms with Crippen LogP contribution in [-0.2, 0) is 18.9 Å². The smallest absolute Gasteiger partial charge is 0.280 e. The SMILES string of the molecule is C[Si](C)(Cl)Cl.C[Si](C)(NC[C@H]1O[C@@H](n2cnc3c(=O)[nH]c(N)nc32)[C@H](O)[C@@H]1O)N[C@H]1C[C@H](n2cnc3c(=O)[nH]c(N)nc32)O[C@@H]1CO.NC[C@H]1O[C@@H](n2cnc3c(=O)[nH]c(N)nc32)[C@H](O)[C@@H]1O.Nc1nc2c(ncn2[C@H]2C[C@H](N)[C@@H](CO)O2)c(=O)[nH]1. The molecule has 8 aromatic rings. The van der Waals surface area contributed by atoms with Crippen LogP contribution in [0.4, 0.5) is 23.8 Å². The topological polar surface area (TPSA) is 593 Å². The van der Waals surface area contributed by atoms with E-state index in [9.17, 15) is 44.7 Å². The molecule has 0 unspecified atom stereocenters. The molecule has 4 saturated heterocycles. The number of ether oxygens (including phenoxy) is 4. The minimum absolute atomic E-state index is 0.0141. The third kappa shape index (κ3) is 13.4. The van der Waals surface area contributed by atoms with E-state index in [0.29, 0.717) is 18.5 Å². The summed E-state index contributed by atoms with van der Waals surface area (Å²) in [6.07, 6.45) is -3.87. The third-order valence-electron chi connectivity index (χ3n) is 14.0. The van der Waals surface area contributed by atoms with Crippen molar-refractivity contribution in [3.63, 3.8) is 0 Å². The summed E-state index contributed by atoms with van der Waals surface area (Å²) in [4.78, 5) is 96.5. The molecular formula is C44H66Cl2N24O14Si2. The van der Waals surface area contributed by atoms with Crippen molar-refractivity contribution >= 4 is 106 Å². The number of nitrogens with zero attached hydrogens (tertiary/aromatic N) is 12.